The Hall–Kier alpha value is -0.460. The van der Waals surface area contributed by atoms with Gasteiger partial charge in [-0.25, -0.2) is 4.57 Å². The van der Waals surface area contributed by atoms with Gasteiger partial charge in [-0.05, 0) is 25.7 Å². The molecular weight excluding hydrogens is 321 g/mol. The highest BCUT2D eigenvalue weighted by Crippen LogP contribution is 2.46. The third kappa shape index (κ3) is 10.1. The van der Waals surface area contributed by atoms with Crippen molar-refractivity contribution in [2.45, 2.75) is 67.1 Å². The summed E-state index contributed by atoms with van der Waals surface area (Å²) in [4.78, 5) is 21.5. The number of carbonyl (C=O) groups excluding carboxylic acids is 1. The highest BCUT2D eigenvalue weighted by Gasteiger charge is 2.37. The smallest absolute Gasteiger partial charge is 0.383 e. The Labute approximate surface area is 139 Å². The first kappa shape index (κ1) is 22.5. The SMILES string of the molecule is CC(C)OP(=O)(O)OCC(C)(C)C(O)C(=O)NCCC(C)(C)C. The molecule has 0 aromatic rings. The van der Waals surface area contributed by atoms with Gasteiger partial charge >= 0.3 is 7.82 Å². The van der Waals surface area contributed by atoms with Crippen molar-refractivity contribution in [3.63, 3.8) is 0 Å². The van der Waals surface area contributed by atoms with Crippen LogP contribution in [-0.2, 0) is 18.4 Å². The Bertz CT molecular complexity index is 430. The van der Waals surface area contributed by atoms with Crippen LogP contribution in [0.4, 0.5) is 0 Å². The van der Waals surface area contributed by atoms with E-state index in [0.29, 0.717) is 6.54 Å². The molecule has 2 atom stereocenters. The zero-order valence-electron chi connectivity index (χ0n) is 15.3. The summed E-state index contributed by atoms with van der Waals surface area (Å²) >= 11 is 0. The molecule has 8 heteroatoms. The number of aliphatic hydroxyl groups excluding tert-OH is 1. The average molecular weight is 353 g/mol. The monoisotopic (exact) mass is 353 g/mol. The van der Waals surface area contributed by atoms with E-state index < -0.39 is 31.4 Å². The molecule has 1 amide bonds. The Morgan fingerprint density at radius 3 is 2.17 bits per heavy atom. The third-order valence-corrected chi connectivity index (χ3v) is 4.25. The van der Waals surface area contributed by atoms with Crippen LogP contribution in [0.25, 0.3) is 0 Å². The van der Waals surface area contributed by atoms with E-state index >= 15 is 0 Å². The van der Waals surface area contributed by atoms with Crippen LogP contribution in [0.5, 0.6) is 0 Å². The molecule has 0 aliphatic rings. The number of rotatable bonds is 9. The van der Waals surface area contributed by atoms with Crippen molar-refractivity contribution in [3.05, 3.63) is 0 Å². The molecule has 0 aromatic carbocycles. The van der Waals surface area contributed by atoms with Crippen molar-refractivity contribution in [2.75, 3.05) is 13.2 Å². The number of hydrogen-bond acceptors (Lipinski definition) is 5. The van der Waals surface area contributed by atoms with Crippen LogP contribution < -0.4 is 5.32 Å². The second-order valence-electron chi connectivity index (χ2n) is 7.89. The molecule has 23 heavy (non-hydrogen) atoms. The standard InChI is InChI=1S/C15H32NO6P/c1-11(2)22-23(19,20)21-10-15(6,7)12(17)13(18)16-9-8-14(3,4)5/h11-12,17H,8-10H2,1-7H3,(H,16,18)(H,19,20). The van der Waals surface area contributed by atoms with Crippen LogP contribution in [0.1, 0.15) is 54.9 Å². The van der Waals surface area contributed by atoms with Gasteiger partial charge in [0, 0.05) is 12.0 Å². The van der Waals surface area contributed by atoms with Gasteiger partial charge in [-0.2, -0.15) is 0 Å². The minimum absolute atomic E-state index is 0.0780. The molecular formula is C15H32NO6P. The zero-order valence-corrected chi connectivity index (χ0v) is 16.1. The number of aliphatic hydroxyl groups is 1. The van der Waals surface area contributed by atoms with E-state index in [9.17, 15) is 19.4 Å². The number of nitrogens with one attached hydrogen (secondary N) is 1. The fourth-order valence-corrected chi connectivity index (χ4v) is 2.73. The molecule has 0 fully saturated rings. The van der Waals surface area contributed by atoms with Crippen molar-refractivity contribution in [2.24, 2.45) is 10.8 Å². The topological polar surface area (TPSA) is 105 Å². The normalized spacial score (nSPS) is 17.0. The molecule has 0 aromatic heterocycles. The molecule has 0 aliphatic carbocycles. The summed E-state index contributed by atoms with van der Waals surface area (Å²) in [6.45, 7) is 12.7. The fourth-order valence-electron chi connectivity index (χ4n) is 1.64. The van der Waals surface area contributed by atoms with Gasteiger partial charge in [-0.15, -0.1) is 0 Å². The van der Waals surface area contributed by atoms with Gasteiger partial charge in [-0.1, -0.05) is 34.6 Å². The molecule has 0 saturated carbocycles. The summed E-state index contributed by atoms with van der Waals surface area (Å²) in [7, 11) is -4.20. The van der Waals surface area contributed by atoms with E-state index in [1.165, 1.54) is 0 Å². The van der Waals surface area contributed by atoms with E-state index in [2.05, 4.69) is 26.1 Å². The van der Waals surface area contributed by atoms with Crippen LogP contribution in [0.2, 0.25) is 0 Å². The van der Waals surface area contributed by atoms with Gasteiger partial charge < -0.3 is 15.3 Å². The van der Waals surface area contributed by atoms with Crippen LogP contribution in [0, 0.1) is 10.8 Å². The number of carbonyl (C=O) groups is 1. The van der Waals surface area contributed by atoms with E-state index in [1.807, 2.05) is 0 Å². The lowest BCUT2D eigenvalue weighted by Gasteiger charge is -2.30. The first-order valence-electron chi connectivity index (χ1n) is 7.78. The molecule has 7 nitrogen and oxygen atoms in total. The van der Waals surface area contributed by atoms with Gasteiger partial charge in [0.25, 0.3) is 0 Å². The van der Waals surface area contributed by atoms with Gasteiger partial charge in [-0.3, -0.25) is 13.8 Å². The first-order valence-corrected chi connectivity index (χ1v) is 9.27. The van der Waals surface area contributed by atoms with Crippen molar-refractivity contribution in [3.8, 4) is 0 Å². The quantitative estimate of drug-likeness (QED) is 0.550. The molecule has 3 N–H and O–H groups in total. The fraction of sp³-hybridized carbons (Fsp3) is 0.933. The second-order valence-corrected chi connectivity index (χ2v) is 9.30. The van der Waals surface area contributed by atoms with Gasteiger partial charge in [0.1, 0.15) is 6.10 Å². The highest BCUT2D eigenvalue weighted by molar-refractivity contribution is 7.47. The van der Waals surface area contributed by atoms with Crippen molar-refractivity contribution in [1.82, 2.24) is 5.32 Å². The molecule has 0 bridgehead atoms. The summed E-state index contributed by atoms with van der Waals surface area (Å²) < 4.78 is 21.3. The summed E-state index contributed by atoms with van der Waals surface area (Å²) in [6, 6.07) is 0. The summed E-state index contributed by atoms with van der Waals surface area (Å²) in [5.41, 5.74) is -0.959. The Kier molecular flexibility index (Phi) is 8.41. The maximum absolute atomic E-state index is 12.0. The van der Waals surface area contributed by atoms with Crippen LogP contribution >= 0.6 is 7.82 Å². The lowest BCUT2D eigenvalue weighted by molar-refractivity contribution is -0.137. The molecule has 0 spiro atoms. The molecule has 0 heterocycles. The van der Waals surface area contributed by atoms with Crippen LogP contribution in [0.15, 0.2) is 0 Å². The van der Waals surface area contributed by atoms with Crippen LogP contribution in [-0.4, -0.2) is 41.3 Å². The van der Waals surface area contributed by atoms with Crippen molar-refractivity contribution in [1.29, 1.82) is 0 Å². The number of phosphoric ester groups is 1. The van der Waals surface area contributed by atoms with E-state index in [1.54, 1.807) is 27.7 Å². The van der Waals surface area contributed by atoms with Crippen molar-refractivity contribution >= 4 is 13.7 Å². The Morgan fingerprint density at radius 2 is 1.74 bits per heavy atom. The molecule has 2 unspecified atom stereocenters. The van der Waals surface area contributed by atoms with E-state index in [0.717, 1.165) is 6.42 Å². The molecule has 0 aliphatic heterocycles. The highest BCUT2D eigenvalue weighted by atomic mass is 31.2. The second kappa shape index (κ2) is 8.58. The molecule has 138 valence electrons. The summed E-state index contributed by atoms with van der Waals surface area (Å²) in [5, 5.41) is 12.8. The predicted octanol–water partition coefficient (Wildman–Crippen LogP) is 2.47. The Morgan fingerprint density at radius 1 is 1.22 bits per heavy atom. The number of hydrogen-bond donors (Lipinski definition) is 3. The zero-order chi connectivity index (χ0) is 18.5. The minimum atomic E-state index is -4.20. The molecule has 0 saturated heterocycles. The lowest BCUT2D eigenvalue weighted by atomic mass is 9.87. The van der Waals surface area contributed by atoms with E-state index in [-0.39, 0.29) is 12.0 Å². The van der Waals surface area contributed by atoms with E-state index in [4.69, 9.17) is 9.05 Å². The molecule has 0 radical (unpaired) electrons. The van der Waals surface area contributed by atoms with Gasteiger partial charge in [0.2, 0.25) is 5.91 Å². The predicted molar refractivity (Wildman–Crippen MR) is 88.9 cm³/mol. The summed E-state index contributed by atoms with van der Waals surface area (Å²) in [5.74, 6) is -0.527. The van der Waals surface area contributed by atoms with Crippen LogP contribution in [0.3, 0.4) is 0 Å². The lowest BCUT2D eigenvalue weighted by Crippen LogP contribution is -2.46. The number of amides is 1. The first-order chi connectivity index (χ1) is 10.2. The molecule has 0 rings (SSSR count). The largest absolute Gasteiger partial charge is 0.472 e. The van der Waals surface area contributed by atoms with Crippen molar-refractivity contribution < 1.29 is 28.4 Å². The maximum atomic E-state index is 12.0. The Balaban J connectivity index is 4.50. The summed E-state index contributed by atoms with van der Waals surface area (Å²) in [6.07, 6.45) is -1.06. The number of phosphoric acid groups is 1. The third-order valence-electron chi connectivity index (χ3n) is 3.11. The van der Waals surface area contributed by atoms with Gasteiger partial charge in [0.15, 0.2) is 0 Å². The average Bonchev–Trinajstić information content (AvgIpc) is 2.32. The minimum Gasteiger partial charge on any atom is -0.383 e. The maximum Gasteiger partial charge on any atom is 0.472 e. The van der Waals surface area contributed by atoms with Gasteiger partial charge in [0.05, 0.1) is 12.7 Å².